The first-order valence-electron chi connectivity index (χ1n) is 10.2. The zero-order chi connectivity index (χ0) is 21.6. The molecule has 0 heterocycles. The van der Waals surface area contributed by atoms with Crippen molar-refractivity contribution in [2.75, 3.05) is 20.3 Å². The molecule has 0 saturated heterocycles. The minimum atomic E-state index is -3.71. The topological polar surface area (TPSA) is 58.6 Å². The Morgan fingerprint density at radius 1 is 1.07 bits per heavy atom. The van der Waals surface area contributed by atoms with E-state index in [-0.39, 0.29) is 11.0 Å². The number of nitrogens with one attached hydrogen (secondary N) is 1. The second-order valence-electron chi connectivity index (χ2n) is 7.75. The first-order chi connectivity index (χ1) is 14.3. The summed E-state index contributed by atoms with van der Waals surface area (Å²) < 4.78 is 34.7. The lowest BCUT2D eigenvalue weighted by atomic mass is 9.98. The summed E-state index contributed by atoms with van der Waals surface area (Å²) in [6, 6.07) is 13.0. The van der Waals surface area contributed by atoms with Crippen molar-refractivity contribution >= 4 is 33.2 Å². The van der Waals surface area contributed by atoms with Crippen LogP contribution in [0.4, 0.5) is 0 Å². The van der Waals surface area contributed by atoms with Crippen molar-refractivity contribution in [3.05, 3.63) is 64.1 Å². The summed E-state index contributed by atoms with van der Waals surface area (Å²) in [4.78, 5) is 2.20. The summed E-state index contributed by atoms with van der Waals surface area (Å²) in [7, 11) is -1.78. The SMILES string of the molecule is CN(COC1CCCCC1)CC(NS(=O)(=O)c1ccccc1)c1ccc(Cl)c(Cl)c1. The average molecular weight is 471 g/mol. The Labute approximate surface area is 189 Å². The maximum atomic E-state index is 12.9. The third kappa shape index (κ3) is 6.67. The van der Waals surface area contributed by atoms with E-state index >= 15 is 0 Å². The molecule has 1 N–H and O–H groups in total. The molecule has 5 nitrogen and oxygen atoms in total. The van der Waals surface area contributed by atoms with Crippen molar-refractivity contribution in [1.82, 2.24) is 9.62 Å². The average Bonchev–Trinajstić information content (AvgIpc) is 2.75. The summed E-state index contributed by atoms with van der Waals surface area (Å²) >= 11 is 12.3. The van der Waals surface area contributed by atoms with Gasteiger partial charge in [0.15, 0.2) is 0 Å². The fraction of sp³-hybridized carbons (Fsp3) is 0.455. The van der Waals surface area contributed by atoms with E-state index < -0.39 is 16.1 Å². The molecule has 1 aliphatic carbocycles. The molecule has 2 aromatic carbocycles. The first kappa shape index (κ1) is 23.5. The van der Waals surface area contributed by atoms with Gasteiger partial charge in [-0.3, -0.25) is 4.90 Å². The van der Waals surface area contributed by atoms with Gasteiger partial charge < -0.3 is 4.74 Å². The van der Waals surface area contributed by atoms with Crippen LogP contribution in [0.2, 0.25) is 10.0 Å². The van der Waals surface area contributed by atoms with Gasteiger partial charge >= 0.3 is 0 Å². The van der Waals surface area contributed by atoms with Gasteiger partial charge in [-0.25, -0.2) is 13.1 Å². The van der Waals surface area contributed by atoms with Crippen LogP contribution >= 0.6 is 23.2 Å². The number of hydrogen-bond acceptors (Lipinski definition) is 4. The fourth-order valence-corrected chi connectivity index (χ4v) is 5.17. The highest BCUT2D eigenvalue weighted by Gasteiger charge is 2.24. The lowest BCUT2D eigenvalue weighted by Crippen LogP contribution is -2.38. The quantitative estimate of drug-likeness (QED) is 0.508. The molecule has 8 heteroatoms. The molecule has 1 saturated carbocycles. The normalized spacial score (nSPS) is 16.7. The van der Waals surface area contributed by atoms with E-state index in [1.165, 1.54) is 19.3 Å². The molecule has 0 radical (unpaired) electrons. The molecule has 0 amide bonds. The second kappa shape index (κ2) is 10.9. The van der Waals surface area contributed by atoms with Gasteiger partial charge in [0, 0.05) is 6.54 Å². The Kier molecular flexibility index (Phi) is 8.57. The van der Waals surface area contributed by atoms with E-state index in [1.54, 1.807) is 48.5 Å². The standard InChI is InChI=1S/C22H28Cl2N2O3S/c1-26(16-29-18-8-4-2-5-9-18)15-22(17-12-13-20(23)21(24)14-17)25-30(27,28)19-10-6-3-7-11-19/h3,6-7,10-14,18,22,25H,2,4-5,8-9,15-16H2,1H3. The Morgan fingerprint density at radius 3 is 2.43 bits per heavy atom. The predicted octanol–water partition coefficient (Wildman–Crippen LogP) is 5.25. The monoisotopic (exact) mass is 470 g/mol. The van der Waals surface area contributed by atoms with Crippen molar-refractivity contribution in [3.63, 3.8) is 0 Å². The van der Waals surface area contributed by atoms with Gasteiger partial charge in [-0.15, -0.1) is 0 Å². The summed E-state index contributed by atoms with van der Waals surface area (Å²) in [5, 5.41) is 0.818. The van der Waals surface area contributed by atoms with Crippen molar-refractivity contribution < 1.29 is 13.2 Å². The summed E-state index contributed by atoms with van der Waals surface area (Å²) in [5.74, 6) is 0. The molecule has 30 heavy (non-hydrogen) atoms. The van der Waals surface area contributed by atoms with Crippen LogP contribution in [0.15, 0.2) is 53.4 Å². The Bertz CT molecular complexity index is 919. The molecule has 1 unspecified atom stereocenters. The van der Waals surface area contributed by atoms with Gasteiger partial charge in [0.1, 0.15) is 0 Å². The molecular formula is C22H28Cl2N2O3S. The van der Waals surface area contributed by atoms with Gasteiger partial charge in [-0.1, -0.05) is 66.7 Å². The van der Waals surface area contributed by atoms with Gasteiger partial charge in [0.2, 0.25) is 10.0 Å². The Hall–Kier alpha value is -1.15. The molecular weight excluding hydrogens is 443 g/mol. The van der Waals surface area contributed by atoms with Crippen molar-refractivity contribution in [3.8, 4) is 0 Å². The van der Waals surface area contributed by atoms with Crippen LogP contribution in [0, 0.1) is 0 Å². The Morgan fingerprint density at radius 2 is 1.77 bits per heavy atom. The highest BCUT2D eigenvalue weighted by atomic mass is 35.5. The van der Waals surface area contributed by atoms with E-state index in [2.05, 4.69) is 4.72 Å². The number of sulfonamides is 1. The summed E-state index contributed by atoms with van der Waals surface area (Å²) in [5.41, 5.74) is 0.744. The van der Waals surface area contributed by atoms with Crippen LogP contribution in [0.5, 0.6) is 0 Å². The van der Waals surface area contributed by atoms with E-state index in [0.717, 1.165) is 18.4 Å². The van der Waals surface area contributed by atoms with Crippen LogP contribution < -0.4 is 4.72 Å². The molecule has 1 fully saturated rings. The molecule has 2 aromatic rings. The number of ether oxygens (including phenoxy) is 1. The van der Waals surface area contributed by atoms with Crippen molar-refractivity contribution in [2.45, 2.75) is 49.1 Å². The summed E-state index contributed by atoms with van der Waals surface area (Å²) in [6.07, 6.45) is 6.14. The van der Waals surface area contributed by atoms with E-state index in [4.69, 9.17) is 27.9 Å². The molecule has 0 aliphatic heterocycles. The van der Waals surface area contributed by atoms with Crippen LogP contribution in [0.1, 0.15) is 43.7 Å². The number of hydrogen-bond donors (Lipinski definition) is 1. The number of likely N-dealkylation sites (N-methyl/N-ethyl adjacent to an activating group) is 1. The number of halogens is 2. The summed E-state index contributed by atoms with van der Waals surface area (Å²) in [6.45, 7) is 0.867. The minimum absolute atomic E-state index is 0.219. The lowest BCUT2D eigenvalue weighted by molar-refractivity contribution is -0.0304. The third-order valence-electron chi connectivity index (χ3n) is 5.27. The zero-order valence-electron chi connectivity index (χ0n) is 17.1. The van der Waals surface area contributed by atoms with Gasteiger partial charge in [-0.2, -0.15) is 0 Å². The van der Waals surface area contributed by atoms with Crippen LogP contribution in [-0.2, 0) is 14.8 Å². The maximum absolute atomic E-state index is 12.9. The highest BCUT2D eigenvalue weighted by Crippen LogP contribution is 2.27. The largest absolute Gasteiger partial charge is 0.363 e. The smallest absolute Gasteiger partial charge is 0.241 e. The van der Waals surface area contributed by atoms with Crippen LogP contribution in [-0.4, -0.2) is 39.7 Å². The highest BCUT2D eigenvalue weighted by molar-refractivity contribution is 7.89. The van der Waals surface area contributed by atoms with Crippen LogP contribution in [0.3, 0.4) is 0 Å². The maximum Gasteiger partial charge on any atom is 0.241 e. The van der Waals surface area contributed by atoms with E-state index in [9.17, 15) is 8.42 Å². The van der Waals surface area contributed by atoms with Crippen molar-refractivity contribution in [2.24, 2.45) is 0 Å². The number of nitrogens with zero attached hydrogens (tertiary/aromatic N) is 1. The minimum Gasteiger partial charge on any atom is -0.363 e. The van der Waals surface area contributed by atoms with E-state index in [1.807, 2.05) is 11.9 Å². The van der Waals surface area contributed by atoms with E-state index in [0.29, 0.717) is 23.3 Å². The lowest BCUT2D eigenvalue weighted by Gasteiger charge is -2.28. The molecule has 0 spiro atoms. The molecule has 3 rings (SSSR count). The zero-order valence-corrected chi connectivity index (χ0v) is 19.4. The Balaban J connectivity index is 1.74. The van der Waals surface area contributed by atoms with Gasteiger partial charge in [0.05, 0.1) is 33.8 Å². The molecule has 0 bridgehead atoms. The van der Waals surface area contributed by atoms with Crippen molar-refractivity contribution in [1.29, 1.82) is 0 Å². The van der Waals surface area contributed by atoms with Gasteiger partial charge in [-0.05, 0) is 49.7 Å². The molecule has 0 aromatic heterocycles. The number of rotatable bonds is 9. The second-order valence-corrected chi connectivity index (χ2v) is 10.3. The van der Waals surface area contributed by atoms with Gasteiger partial charge in [0.25, 0.3) is 0 Å². The molecule has 164 valence electrons. The predicted molar refractivity (Wildman–Crippen MR) is 121 cm³/mol. The third-order valence-corrected chi connectivity index (χ3v) is 7.50. The first-order valence-corrected chi connectivity index (χ1v) is 12.4. The molecule has 1 aliphatic rings. The fourth-order valence-electron chi connectivity index (χ4n) is 3.62. The molecule has 1 atom stereocenters. The number of benzene rings is 2. The van der Waals surface area contributed by atoms with Crippen LogP contribution in [0.25, 0.3) is 0 Å².